The van der Waals surface area contributed by atoms with E-state index in [1.165, 1.54) is 108 Å². The summed E-state index contributed by atoms with van der Waals surface area (Å²) in [5.41, 5.74) is 0.262. The number of rotatable bonds is 34. The molecule has 2 heterocycles. The molecule has 2 fully saturated rings. The van der Waals surface area contributed by atoms with Gasteiger partial charge in [0.1, 0.15) is 47.7 Å². The standard InChI is InChI=1S/C66H76F4N6O20S2/c1-35(77)75-53-47(79)31-65(63(89)90,95-57(53)55(83)49(81)33-73-61(87)41-15-11-37(12-16-41)51-43(67)7-3-8-44(51)68)93-25-5-27-97-29-23-71-59(85)39-19-21-40(22-20-39)60(86)72-24-30-98-28-6-26-94-66(64(91)92)32-48(80)54(76-36(2)78)58(96-66)56(84)50(82)34-74-62(88)42-17-13-38(14-18-42)52-45(69)9-4-10-46(52)70/h3-4,7-22,47-50,53-58,79-84H,5-6,23-34H2,1-2H3,(H,71,85)(H,72,86)(H,73,87)(H,74,88)(H,75,77)(H,76,78)(H,89,90)(H,91,92)/t47-,48-,49+,50+,53+,54+,55+,56+,57+,58+,65+,66+/m0/s1. The van der Waals surface area contributed by atoms with Gasteiger partial charge in [0, 0.05) is 86.6 Å². The Hall–Kier alpha value is -8.12. The molecule has 32 heteroatoms. The number of aliphatic hydroxyl groups excluding tert-OH is 6. The highest BCUT2D eigenvalue weighted by Crippen LogP contribution is 2.36. The molecule has 0 radical (unpaired) electrons. The Kier molecular flexibility index (Phi) is 28.5. The van der Waals surface area contributed by atoms with Gasteiger partial charge in [0.2, 0.25) is 11.8 Å². The Morgan fingerprint density at radius 3 is 1.10 bits per heavy atom. The molecule has 0 aliphatic carbocycles. The van der Waals surface area contributed by atoms with Gasteiger partial charge in [-0.15, -0.1) is 0 Å². The number of ether oxygens (including phenoxy) is 4. The van der Waals surface area contributed by atoms with Gasteiger partial charge in [-0.05, 0) is 108 Å². The first kappa shape index (κ1) is 77.2. The van der Waals surface area contributed by atoms with E-state index in [0.717, 1.165) is 38.1 Å². The minimum absolute atomic E-state index is 0.0210. The maximum atomic E-state index is 14.3. The van der Waals surface area contributed by atoms with Crippen molar-refractivity contribution in [1.29, 1.82) is 0 Å². The van der Waals surface area contributed by atoms with E-state index in [0.29, 0.717) is 23.0 Å². The van der Waals surface area contributed by atoms with Crippen molar-refractivity contribution in [1.82, 2.24) is 31.9 Å². The van der Waals surface area contributed by atoms with E-state index < -0.39 is 169 Å². The van der Waals surface area contributed by atoms with Gasteiger partial charge in [-0.2, -0.15) is 23.5 Å². The quantitative estimate of drug-likeness (QED) is 0.0208. The van der Waals surface area contributed by atoms with Crippen LogP contribution in [0.2, 0.25) is 0 Å². The third-order valence-corrected chi connectivity index (χ3v) is 17.9. The molecule has 7 rings (SSSR count). The molecule has 0 saturated carbocycles. The first-order valence-corrected chi connectivity index (χ1v) is 33.2. The first-order chi connectivity index (χ1) is 46.6. The van der Waals surface area contributed by atoms with Crippen LogP contribution in [0.4, 0.5) is 17.6 Å². The molecule has 2 saturated heterocycles. The molecule has 530 valence electrons. The molecule has 0 spiro atoms. The molecule has 2 aliphatic rings. The van der Waals surface area contributed by atoms with Crippen molar-refractivity contribution in [2.45, 2.75) is 112 Å². The zero-order valence-electron chi connectivity index (χ0n) is 52.9. The highest BCUT2D eigenvalue weighted by atomic mass is 32.2. The molecular formula is C66H76F4N6O20S2. The lowest BCUT2D eigenvalue weighted by Gasteiger charge is -2.46. The summed E-state index contributed by atoms with van der Waals surface area (Å²) in [5.74, 6) is -13.9. The maximum Gasteiger partial charge on any atom is 0.364 e. The van der Waals surface area contributed by atoms with Crippen LogP contribution in [0, 0.1) is 23.3 Å². The van der Waals surface area contributed by atoms with E-state index in [9.17, 15) is 96.8 Å². The second kappa shape index (κ2) is 36.1. The normalized spacial score (nSPS) is 21.9. The van der Waals surface area contributed by atoms with Gasteiger partial charge in [-0.25, -0.2) is 27.2 Å². The maximum absolute atomic E-state index is 14.3. The van der Waals surface area contributed by atoms with E-state index in [1.807, 2.05) is 0 Å². The van der Waals surface area contributed by atoms with Gasteiger partial charge in [0.25, 0.3) is 35.2 Å². The Morgan fingerprint density at radius 1 is 0.490 bits per heavy atom. The topological polar surface area (TPSA) is 408 Å². The van der Waals surface area contributed by atoms with Crippen molar-refractivity contribution in [3.05, 3.63) is 155 Å². The number of thioether (sulfide) groups is 2. The van der Waals surface area contributed by atoms with E-state index in [2.05, 4.69) is 31.9 Å². The second-order valence-electron chi connectivity index (χ2n) is 22.9. The number of carbonyl (C=O) groups is 8. The van der Waals surface area contributed by atoms with Gasteiger partial charge in [0.05, 0.1) is 60.8 Å². The average molecular weight is 1410 g/mol. The minimum atomic E-state index is -2.56. The number of hydrogen-bond donors (Lipinski definition) is 14. The molecule has 0 bridgehead atoms. The summed E-state index contributed by atoms with van der Waals surface area (Å²) in [6.45, 7) is 0.890. The lowest BCUT2D eigenvalue weighted by molar-refractivity contribution is -0.310. The fourth-order valence-corrected chi connectivity index (χ4v) is 12.3. The van der Waals surface area contributed by atoms with E-state index in [1.54, 1.807) is 0 Å². The predicted molar refractivity (Wildman–Crippen MR) is 346 cm³/mol. The van der Waals surface area contributed by atoms with Crippen LogP contribution in [0.5, 0.6) is 0 Å². The van der Waals surface area contributed by atoms with Crippen LogP contribution in [0.15, 0.2) is 109 Å². The van der Waals surface area contributed by atoms with E-state index in [-0.39, 0.29) is 83.7 Å². The molecule has 0 unspecified atom stereocenters. The molecule has 6 amide bonds. The molecule has 5 aromatic carbocycles. The van der Waals surface area contributed by atoms with Crippen LogP contribution in [-0.2, 0) is 38.1 Å². The summed E-state index contributed by atoms with van der Waals surface area (Å²) < 4.78 is 80.2. The van der Waals surface area contributed by atoms with Crippen molar-refractivity contribution < 1.29 is 116 Å². The van der Waals surface area contributed by atoms with Crippen LogP contribution in [0.25, 0.3) is 22.3 Å². The molecular weight excluding hydrogens is 1340 g/mol. The Balaban J connectivity index is 0.780. The highest BCUT2D eigenvalue weighted by molar-refractivity contribution is 7.99. The molecule has 98 heavy (non-hydrogen) atoms. The number of aliphatic hydroxyl groups is 6. The fraction of sp³-hybridized carbons (Fsp3) is 0.424. The third-order valence-electron chi connectivity index (χ3n) is 15.7. The Bertz CT molecular complexity index is 3320. The summed E-state index contributed by atoms with van der Waals surface area (Å²) in [5, 5.41) is 103. The minimum Gasteiger partial charge on any atom is -0.477 e. The first-order valence-electron chi connectivity index (χ1n) is 30.9. The number of nitrogens with one attached hydrogen (secondary N) is 6. The Labute approximate surface area is 567 Å². The van der Waals surface area contributed by atoms with Crippen LogP contribution in [0.1, 0.15) is 81.0 Å². The third kappa shape index (κ3) is 20.5. The Morgan fingerprint density at radius 2 is 0.796 bits per heavy atom. The average Bonchev–Trinajstić information content (AvgIpc) is 0.777. The van der Waals surface area contributed by atoms with Gasteiger partial charge >= 0.3 is 11.9 Å². The molecule has 14 N–H and O–H groups in total. The van der Waals surface area contributed by atoms with Crippen LogP contribution < -0.4 is 31.9 Å². The van der Waals surface area contributed by atoms with Gasteiger partial charge in [-0.1, -0.05) is 36.4 Å². The number of hydrogen-bond acceptors (Lipinski definition) is 20. The lowest BCUT2D eigenvalue weighted by Crippen LogP contribution is -2.68. The van der Waals surface area contributed by atoms with Crippen molar-refractivity contribution in [2.24, 2.45) is 0 Å². The number of amides is 6. The summed E-state index contributed by atoms with van der Waals surface area (Å²) in [6, 6.07) is 20.1. The smallest absolute Gasteiger partial charge is 0.364 e. The number of aliphatic carboxylic acids is 2. The number of benzene rings is 5. The van der Waals surface area contributed by atoms with Gasteiger partial charge in [-0.3, -0.25) is 28.8 Å². The molecule has 12 atom stereocenters. The second-order valence-corrected chi connectivity index (χ2v) is 25.3. The summed E-state index contributed by atoms with van der Waals surface area (Å²) in [7, 11) is 0. The number of carbonyl (C=O) groups excluding carboxylic acids is 6. The predicted octanol–water partition coefficient (Wildman–Crippen LogP) is 2.49. The highest BCUT2D eigenvalue weighted by Gasteiger charge is 2.57. The van der Waals surface area contributed by atoms with Crippen molar-refractivity contribution >= 4 is 70.9 Å². The SMILES string of the molecule is CC(=O)N[C@H]1[C@H]([C@H](O)[C@H](O)CNC(=O)c2ccc(-c3c(F)cccc3F)cc2)O[C@@](OCCCSCCNC(=O)c2ccc(C(=O)NCCSCCCO[C@]3(C(=O)O)C[C@H](O)[C@@H](NC(C)=O)[C@H]([C@H](O)[C@H](O)CNC(=O)c4ccc(-c5c(F)cccc5F)cc4)O3)cc2)(C(=O)O)C[C@@H]1O. The zero-order valence-corrected chi connectivity index (χ0v) is 54.5. The zero-order chi connectivity index (χ0) is 71.4. The molecule has 26 nitrogen and oxygen atoms in total. The van der Waals surface area contributed by atoms with Gasteiger partial charge in [0.15, 0.2) is 0 Å². The molecule has 5 aromatic rings. The number of carboxylic acids is 2. The summed E-state index contributed by atoms with van der Waals surface area (Å²) in [6.07, 6.45) is -15.6. The van der Waals surface area contributed by atoms with Crippen molar-refractivity contribution in [3.8, 4) is 22.3 Å². The lowest BCUT2D eigenvalue weighted by atomic mass is 9.88. The van der Waals surface area contributed by atoms with Crippen LogP contribution in [-0.4, -0.2) is 223 Å². The van der Waals surface area contributed by atoms with Crippen LogP contribution in [0.3, 0.4) is 0 Å². The van der Waals surface area contributed by atoms with E-state index >= 15 is 0 Å². The monoisotopic (exact) mass is 1410 g/mol. The van der Waals surface area contributed by atoms with Crippen molar-refractivity contribution in [3.63, 3.8) is 0 Å². The number of carboxylic acid groups (broad SMARTS) is 2. The summed E-state index contributed by atoms with van der Waals surface area (Å²) >= 11 is 2.76. The van der Waals surface area contributed by atoms with Gasteiger partial charge < -0.3 is 91.7 Å². The number of halogens is 4. The van der Waals surface area contributed by atoms with Crippen molar-refractivity contribution in [2.75, 3.05) is 62.4 Å². The van der Waals surface area contributed by atoms with Crippen LogP contribution >= 0.6 is 23.5 Å². The molecule has 2 aliphatic heterocycles. The largest absolute Gasteiger partial charge is 0.477 e. The summed E-state index contributed by atoms with van der Waals surface area (Å²) in [4.78, 5) is 101. The van der Waals surface area contributed by atoms with E-state index in [4.69, 9.17) is 18.9 Å². The fourth-order valence-electron chi connectivity index (χ4n) is 10.8. The molecule has 0 aromatic heterocycles.